The zero-order valence-corrected chi connectivity index (χ0v) is 13.4. The van der Waals surface area contributed by atoms with Gasteiger partial charge in [0.1, 0.15) is 0 Å². The van der Waals surface area contributed by atoms with Crippen LogP contribution in [0.15, 0.2) is 42.5 Å². The van der Waals surface area contributed by atoms with Gasteiger partial charge in [0.2, 0.25) is 0 Å². The van der Waals surface area contributed by atoms with Crippen LogP contribution >= 0.6 is 34.8 Å². The first-order chi connectivity index (χ1) is 9.60. The lowest BCUT2D eigenvalue weighted by Crippen LogP contribution is -2.30. The molecular formula is C16H16Cl3N. The number of benzene rings is 2. The van der Waals surface area contributed by atoms with Gasteiger partial charge in [-0.1, -0.05) is 53.0 Å². The molecule has 0 bridgehead atoms. The Hall–Kier alpha value is -0.730. The van der Waals surface area contributed by atoms with Gasteiger partial charge in [0.05, 0.1) is 0 Å². The first kappa shape index (κ1) is 15.7. The third kappa shape index (κ3) is 4.13. The van der Waals surface area contributed by atoms with E-state index in [4.69, 9.17) is 34.8 Å². The second kappa shape index (κ2) is 7.33. The Balaban J connectivity index is 2.13. The number of likely N-dealkylation sites (N-methyl/N-ethyl adjacent to an activating group) is 1. The highest BCUT2D eigenvalue weighted by atomic mass is 35.5. The summed E-state index contributed by atoms with van der Waals surface area (Å²) in [7, 11) is 1.94. The second-order valence-corrected chi connectivity index (χ2v) is 5.97. The number of hydrogen-bond donors (Lipinski definition) is 1. The molecule has 2 aromatic carbocycles. The van der Waals surface area contributed by atoms with Crippen molar-refractivity contribution in [1.29, 1.82) is 0 Å². The maximum atomic E-state index is 6.23. The Kier molecular flexibility index (Phi) is 5.74. The summed E-state index contributed by atoms with van der Waals surface area (Å²) in [5, 5.41) is 5.49. The minimum absolute atomic E-state index is 0.255. The van der Waals surface area contributed by atoms with Crippen LogP contribution in [-0.4, -0.2) is 13.1 Å². The molecule has 2 rings (SSSR count). The van der Waals surface area contributed by atoms with Crippen molar-refractivity contribution >= 4 is 34.8 Å². The molecule has 0 amide bonds. The zero-order valence-electron chi connectivity index (χ0n) is 11.2. The summed E-state index contributed by atoms with van der Waals surface area (Å²) in [6.45, 7) is 0. The van der Waals surface area contributed by atoms with Gasteiger partial charge in [-0.2, -0.15) is 0 Å². The molecule has 20 heavy (non-hydrogen) atoms. The molecule has 1 N–H and O–H groups in total. The summed E-state index contributed by atoms with van der Waals surface area (Å²) in [6.07, 6.45) is 1.65. The highest BCUT2D eigenvalue weighted by Gasteiger charge is 2.13. The van der Waals surface area contributed by atoms with E-state index in [9.17, 15) is 0 Å². The molecule has 0 aliphatic carbocycles. The van der Waals surface area contributed by atoms with Gasteiger partial charge in [0, 0.05) is 21.1 Å². The summed E-state index contributed by atoms with van der Waals surface area (Å²) in [4.78, 5) is 0. The van der Waals surface area contributed by atoms with Gasteiger partial charge in [-0.15, -0.1) is 0 Å². The standard InChI is InChI=1S/C16H16Cl3N/c1-20-13(9-11-4-2-5-12(17)8-11)10-14-15(18)6-3-7-16(14)19/h2-8,13,20H,9-10H2,1H3. The van der Waals surface area contributed by atoms with E-state index in [1.165, 1.54) is 5.56 Å². The third-order valence-electron chi connectivity index (χ3n) is 3.29. The van der Waals surface area contributed by atoms with Crippen molar-refractivity contribution < 1.29 is 0 Å². The fourth-order valence-electron chi connectivity index (χ4n) is 2.20. The van der Waals surface area contributed by atoms with Crippen molar-refractivity contribution in [3.63, 3.8) is 0 Å². The third-order valence-corrected chi connectivity index (χ3v) is 4.23. The quantitative estimate of drug-likeness (QED) is 0.812. The minimum atomic E-state index is 0.255. The first-order valence-corrected chi connectivity index (χ1v) is 7.58. The van der Waals surface area contributed by atoms with Crippen molar-refractivity contribution in [2.75, 3.05) is 7.05 Å². The van der Waals surface area contributed by atoms with E-state index >= 15 is 0 Å². The van der Waals surface area contributed by atoms with E-state index in [-0.39, 0.29) is 6.04 Å². The predicted molar refractivity (Wildman–Crippen MR) is 88.2 cm³/mol. The van der Waals surface area contributed by atoms with Gasteiger partial charge in [-0.3, -0.25) is 0 Å². The Morgan fingerprint density at radius 1 is 0.950 bits per heavy atom. The topological polar surface area (TPSA) is 12.0 Å². The van der Waals surface area contributed by atoms with E-state index in [0.29, 0.717) is 10.0 Å². The maximum absolute atomic E-state index is 6.23. The molecule has 0 spiro atoms. The van der Waals surface area contributed by atoms with Crippen LogP contribution in [0.1, 0.15) is 11.1 Å². The summed E-state index contributed by atoms with van der Waals surface area (Å²) >= 11 is 18.5. The fourth-order valence-corrected chi connectivity index (χ4v) is 2.96. The lowest BCUT2D eigenvalue weighted by atomic mass is 9.99. The molecule has 1 nitrogen and oxygen atoms in total. The SMILES string of the molecule is CNC(Cc1cccc(Cl)c1)Cc1c(Cl)cccc1Cl. The van der Waals surface area contributed by atoms with Crippen molar-refractivity contribution in [2.24, 2.45) is 0 Å². The van der Waals surface area contributed by atoms with Gasteiger partial charge < -0.3 is 5.32 Å². The number of rotatable bonds is 5. The molecule has 0 saturated heterocycles. The van der Waals surface area contributed by atoms with E-state index in [2.05, 4.69) is 11.4 Å². The molecule has 2 aromatic rings. The minimum Gasteiger partial charge on any atom is -0.316 e. The van der Waals surface area contributed by atoms with Gasteiger partial charge in [0.25, 0.3) is 0 Å². The molecule has 106 valence electrons. The summed E-state index contributed by atoms with van der Waals surface area (Å²) in [6, 6.07) is 13.8. The van der Waals surface area contributed by atoms with Crippen molar-refractivity contribution in [3.05, 3.63) is 68.7 Å². The highest BCUT2D eigenvalue weighted by molar-refractivity contribution is 6.36. The number of halogens is 3. The van der Waals surface area contributed by atoms with Crippen LogP contribution in [0.2, 0.25) is 15.1 Å². The molecule has 0 radical (unpaired) electrons. The first-order valence-electron chi connectivity index (χ1n) is 6.44. The molecule has 0 aliphatic heterocycles. The lowest BCUT2D eigenvalue weighted by molar-refractivity contribution is 0.556. The summed E-state index contributed by atoms with van der Waals surface area (Å²) < 4.78 is 0. The summed E-state index contributed by atoms with van der Waals surface area (Å²) in [5.41, 5.74) is 2.18. The van der Waals surface area contributed by atoms with Crippen LogP contribution < -0.4 is 5.32 Å². The fraction of sp³-hybridized carbons (Fsp3) is 0.250. The van der Waals surface area contributed by atoms with E-state index < -0.39 is 0 Å². The maximum Gasteiger partial charge on any atom is 0.0453 e. The molecule has 1 atom stereocenters. The monoisotopic (exact) mass is 327 g/mol. The average molecular weight is 329 g/mol. The van der Waals surface area contributed by atoms with E-state index in [1.807, 2.05) is 43.4 Å². The number of hydrogen-bond acceptors (Lipinski definition) is 1. The van der Waals surface area contributed by atoms with Crippen molar-refractivity contribution in [1.82, 2.24) is 5.32 Å². The van der Waals surface area contributed by atoms with E-state index in [0.717, 1.165) is 23.4 Å². The Bertz CT molecular complexity index is 563. The molecule has 0 fully saturated rings. The summed E-state index contributed by atoms with van der Waals surface area (Å²) in [5.74, 6) is 0. The van der Waals surface area contributed by atoms with Gasteiger partial charge in [-0.25, -0.2) is 0 Å². The van der Waals surface area contributed by atoms with Crippen LogP contribution in [0.5, 0.6) is 0 Å². The molecular weight excluding hydrogens is 313 g/mol. The average Bonchev–Trinajstić information content (AvgIpc) is 2.42. The second-order valence-electron chi connectivity index (χ2n) is 4.72. The highest BCUT2D eigenvalue weighted by Crippen LogP contribution is 2.26. The predicted octanol–water partition coefficient (Wildman–Crippen LogP) is 5.02. The van der Waals surface area contributed by atoms with Crippen LogP contribution in [0.4, 0.5) is 0 Å². The van der Waals surface area contributed by atoms with Crippen molar-refractivity contribution in [3.8, 4) is 0 Å². The zero-order chi connectivity index (χ0) is 14.5. The smallest absolute Gasteiger partial charge is 0.0453 e. The molecule has 1 unspecified atom stereocenters. The van der Waals surface area contributed by atoms with Crippen LogP contribution in [-0.2, 0) is 12.8 Å². The Morgan fingerprint density at radius 2 is 1.60 bits per heavy atom. The van der Waals surface area contributed by atoms with Crippen LogP contribution in [0, 0.1) is 0 Å². The Morgan fingerprint density at radius 3 is 2.20 bits per heavy atom. The lowest BCUT2D eigenvalue weighted by Gasteiger charge is -2.18. The molecule has 0 heterocycles. The molecule has 0 saturated carbocycles. The molecule has 0 aliphatic rings. The van der Waals surface area contributed by atoms with Gasteiger partial charge in [0.15, 0.2) is 0 Å². The molecule has 0 aromatic heterocycles. The largest absolute Gasteiger partial charge is 0.316 e. The van der Waals surface area contributed by atoms with Crippen LogP contribution in [0.25, 0.3) is 0 Å². The van der Waals surface area contributed by atoms with E-state index in [1.54, 1.807) is 0 Å². The normalized spacial score (nSPS) is 12.4. The van der Waals surface area contributed by atoms with Crippen LogP contribution in [0.3, 0.4) is 0 Å². The van der Waals surface area contributed by atoms with Gasteiger partial charge in [-0.05, 0) is 55.3 Å². The molecule has 4 heteroatoms. The Labute approximate surface area is 134 Å². The van der Waals surface area contributed by atoms with Crippen molar-refractivity contribution in [2.45, 2.75) is 18.9 Å². The number of nitrogens with one attached hydrogen (secondary N) is 1. The van der Waals surface area contributed by atoms with Gasteiger partial charge >= 0.3 is 0 Å².